The van der Waals surface area contributed by atoms with E-state index in [0.29, 0.717) is 18.9 Å². The van der Waals surface area contributed by atoms with E-state index in [1.54, 1.807) is 0 Å². The molecule has 0 aliphatic carbocycles. The Kier molecular flexibility index (Phi) is 7.09. The molecule has 4 nitrogen and oxygen atoms in total. The quantitative estimate of drug-likeness (QED) is 0.768. The van der Waals surface area contributed by atoms with Crippen molar-refractivity contribution in [2.45, 2.75) is 40.2 Å². The van der Waals surface area contributed by atoms with Crippen molar-refractivity contribution in [3.05, 3.63) is 24.3 Å². The van der Waals surface area contributed by atoms with Crippen LogP contribution in [0.5, 0.6) is 5.75 Å². The van der Waals surface area contributed by atoms with E-state index in [-0.39, 0.29) is 11.9 Å². The second-order valence-electron chi connectivity index (χ2n) is 5.41. The molecule has 1 aromatic carbocycles. The number of hydrogen-bond donors (Lipinski definition) is 2. The minimum Gasteiger partial charge on any atom is -0.491 e. The highest BCUT2D eigenvalue weighted by atomic mass is 16.5. The van der Waals surface area contributed by atoms with Crippen LogP contribution in [0.2, 0.25) is 0 Å². The van der Waals surface area contributed by atoms with Crippen molar-refractivity contribution < 1.29 is 9.53 Å². The zero-order valence-corrected chi connectivity index (χ0v) is 12.9. The number of amides is 1. The van der Waals surface area contributed by atoms with Crippen molar-refractivity contribution >= 4 is 11.6 Å². The van der Waals surface area contributed by atoms with E-state index < -0.39 is 0 Å². The summed E-state index contributed by atoms with van der Waals surface area (Å²) in [7, 11) is 0. The Morgan fingerprint density at radius 1 is 1.25 bits per heavy atom. The summed E-state index contributed by atoms with van der Waals surface area (Å²) in [6.07, 6.45) is 0.451. The first-order chi connectivity index (χ1) is 9.52. The van der Waals surface area contributed by atoms with Gasteiger partial charge >= 0.3 is 0 Å². The van der Waals surface area contributed by atoms with Gasteiger partial charge < -0.3 is 15.4 Å². The molecule has 1 rings (SSSR count). The van der Waals surface area contributed by atoms with Crippen LogP contribution >= 0.6 is 0 Å². The van der Waals surface area contributed by atoms with E-state index in [9.17, 15) is 4.79 Å². The number of para-hydroxylation sites is 2. The van der Waals surface area contributed by atoms with E-state index in [4.69, 9.17) is 4.74 Å². The van der Waals surface area contributed by atoms with Gasteiger partial charge in [0, 0.05) is 12.5 Å². The molecule has 0 heterocycles. The first-order valence-electron chi connectivity index (χ1n) is 7.28. The first kappa shape index (κ1) is 16.5. The maximum absolute atomic E-state index is 12.0. The average molecular weight is 278 g/mol. The van der Waals surface area contributed by atoms with Gasteiger partial charge in [-0.1, -0.05) is 32.9 Å². The summed E-state index contributed by atoms with van der Waals surface area (Å²) in [4.78, 5) is 12.0. The van der Waals surface area contributed by atoms with Crippen molar-refractivity contribution in [3.8, 4) is 5.75 Å². The minimum atomic E-state index is -0.000882. The number of nitrogens with one attached hydrogen (secondary N) is 2. The highest BCUT2D eigenvalue weighted by Crippen LogP contribution is 2.24. The van der Waals surface area contributed by atoms with Crippen LogP contribution in [0.15, 0.2) is 24.3 Å². The maximum atomic E-state index is 12.0. The number of carbonyl (C=O) groups excluding carboxylic acids is 1. The fraction of sp³-hybridized carbons (Fsp3) is 0.562. The molecular formula is C16H26N2O2. The molecule has 0 bridgehead atoms. The van der Waals surface area contributed by atoms with Gasteiger partial charge in [0.15, 0.2) is 0 Å². The number of anilines is 1. The highest BCUT2D eigenvalue weighted by molar-refractivity contribution is 5.92. The van der Waals surface area contributed by atoms with E-state index in [2.05, 4.69) is 24.5 Å². The molecule has 1 atom stereocenters. The largest absolute Gasteiger partial charge is 0.491 e. The molecule has 112 valence electrons. The lowest BCUT2D eigenvalue weighted by atomic mass is 10.2. The van der Waals surface area contributed by atoms with Crippen LogP contribution in [0, 0.1) is 5.92 Å². The monoisotopic (exact) mass is 278 g/mol. The third kappa shape index (κ3) is 6.06. The van der Waals surface area contributed by atoms with Gasteiger partial charge in [-0.15, -0.1) is 0 Å². The Morgan fingerprint density at radius 2 is 1.95 bits per heavy atom. The normalized spacial score (nSPS) is 12.2. The van der Waals surface area contributed by atoms with Crippen molar-refractivity contribution in [2.24, 2.45) is 5.92 Å². The summed E-state index contributed by atoms with van der Waals surface area (Å²) in [5.41, 5.74) is 0.738. The second kappa shape index (κ2) is 8.59. The molecule has 1 aromatic rings. The van der Waals surface area contributed by atoms with Gasteiger partial charge in [-0.3, -0.25) is 4.79 Å². The number of carbonyl (C=O) groups is 1. The molecule has 20 heavy (non-hydrogen) atoms. The van der Waals surface area contributed by atoms with Gasteiger partial charge in [-0.05, 0) is 31.5 Å². The van der Waals surface area contributed by atoms with Gasteiger partial charge in [-0.25, -0.2) is 0 Å². The molecule has 0 saturated carbocycles. The molecule has 0 radical (unpaired) electrons. The fourth-order valence-electron chi connectivity index (χ4n) is 1.85. The Labute approximate surface area is 121 Å². The fourth-order valence-corrected chi connectivity index (χ4v) is 1.85. The molecule has 0 fully saturated rings. The molecule has 0 aliphatic heterocycles. The number of ether oxygens (including phenoxy) is 1. The van der Waals surface area contributed by atoms with Crippen LogP contribution < -0.4 is 15.4 Å². The predicted octanol–water partition coefficient (Wildman–Crippen LogP) is 3.05. The van der Waals surface area contributed by atoms with Crippen LogP contribution in [0.4, 0.5) is 5.69 Å². The van der Waals surface area contributed by atoms with E-state index in [1.165, 1.54) is 0 Å². The zero-order valence-electron chi connectivity index (χ0n) is 12.9. The number of rotatable bonds is 8. The van der Waals surface area contributed by atoms with Crippen LogP contribution in [0.25, 0.3) is 0 Å². The molecule has 4 heteroatoms. The molecule has 2 N–H and O–H groups in total. The lowest BCUT2D eigenvalue weighted by Crippen LogP contribution is -2.30. The standard InChI is InChI=1S/C16H26N2O2/c1-5-17-13(4)10-16(19)18-14-8-6-7-9-15(14)20-11-12(2)3/h6-9,12-13,17H,5,10-11H2,1-4H3,(H,18,19). The van der Waals surface area contributed by atoms with Gasteiger partial charge in [0.25, 0.3) is 0 Å². The average Bonchev–Trinajstić information content (AvgIpc) is 2.37. The second-order valence-corrected chi connectivity index (χ2v) is 5.41. The van der Waals surface area contributed by atoms with Crippen LogP contribution in [0.1, 0.15) is 34.1 Å². The Morgan fingerprint density at radius 3 is 2.60 bits per heavy atom. The van der Waals surface area contributed by atoms with E-state index in [0.717, 1.165) is 18.0 Å². The minimum absolute atomic E-state index is 0.000882. The van der Waals surface area contributed by atoms with Crippen molar-refractivity contribution in [3.63, 3.8) is 0 Å². The SMILES string of the molecule is CCNC(C)CC(=O)Nc1ccccc1OCC(C)C. The van der Waals surface area contributed by atoms with E-state index >= 15 is 0 Å². The number of benzene rings is 1. The molecule has 0 aliphatic rings. The topological polar surface area (TPSA) is 50.4 Å². The third-order valence-electron chi connectivity index (χ3n) is 2.78. The summed E-state index contributed by atoms with van der Waals surface area (Å²) in [6.45, 7) is 9.73. The van der Waals surface area contributed by atoms with Gasteiger partial charge in [0.2, 0.25) is 5.91 Å². The van der Waals surface area contributed by atoms with E-state index in [1.807, 2.05) is 38.1 Å². The van der Waals surface area contributed by atoms with Gasteiger partial charge in [-0.2, -0.15) is 0 Å². The maximum Gasteiger partial charge on any atom is 0.226 e. The first-order valence-corrected chi connectivity index (χ1v) is 7.28. The Balaban J connectivity index is 2.60. The number of hydrogen-bond acceptors (Lipinski definition) is 3. The zero-order chi connectivity index (χ0) is 15.0. The third-order valence-corrected chi connectivity index (χ3v) is 2.78. The highest BCUT2D eigenvalue weighted by Gasteiger charge is 2.11. The molecule has 1 amide bonds. The van der Waals surface area contributed by atoms with Gasteiger partial charge in [0.05, 0.1) is 12.3 Å². The Bertz CT molecular complexity index is 419. The molecule has 1 unspecified atom stereocenters. The van der Waals surface area contributed by atoms with Crippen LogP contribution in [0.3, 0.4) is 0 Å². The smallest absolute Gasteiger partial charge is 0.226 e. The molecule has 0 aromatic heterocycles. The molecule has 0 saturated heterocycles. The molecule has 0 spiro atoms. The predicted molar refractivity (Wildman–Crippen MR) is 83.2 cm³/mol. The summed E-state index contributed by atoms with van der Waals surface area (Å²) in [5, 5.41) is 6.14. The van der Waals surface area contributed by atoms with Crippen LogP contribution in [-0.2, 0) is 4.79 Å². The molecular weight excluding hydrogens is 252 g/mol. The summed E-state index contributed by atoms with van der Waals surface area (Å²) in [5.74, 6) is 1.18. The van der Waals surface area contributed by atoms with Crippen molar-refractivity contribution in [2.75, 3.05) is 18.5 Å². The summed E-state index contributed by atoms with van der Waals surface area (Å²) in [6, 6.07) is 7.72. The van der Waals surface area contributed by atoms with Crippen molar-refractivity contribution in [1.82, 2.24) is 5.32 Å². The Hall–Kier alpha value is -1.55. The van der Waals surface area contributed by atoms with Gasteiger partial charge in [0.1, 0.15) is 5.75 Å². The lowest BCUT2D eigenvalue weighted by Gasteiger charge is -2.15. The summed E-state index contributed by atoms with van der Waals surface area (Å²) < 4.78 is 5.72. The van der Waals surface area contributed by atoms with Crippen LogP contribution in [-0.4, -0.2) is 25.1 Å². The summed E-state index contributed by atoms with van der Waals surface area (Å²) >= 11 is 0. The lowest BCUT2D eigenvalue weighted by molar-refractivity contribution is -0.116. The van der Waals surface area contributed by atoms with Crippen molar-refractivity contribution in [1.29, 1.82) is 0 Å².